The summed E-state index contributed by atoms with van der Waals surface area (Å²) < 4.78 is 5.47. The molecular weight excluding hydrogens is 332 g/mol. The van der Waals surface area contributed by atoms with Gasteiger partial charge in [0, 0.05) is 0 Å². The summed E-state index contributed by atoms with van der Waals surface area (Å²) in [6, 6.07) is 0. The Hall–Kier alpha value is -0.530. The molecule has 0 saturated carbocycles. The second kappa shape index (κ2) is 20.2. The molecule has 0 bridgehead atoms. The Balaban J connectivity index is 3.39. The van der Waals surface area contributed by atoms with Crippen molar-refractivity contribution >= 4 is 5.97 Å². The second-order valence-corrected chi connectivity index (χ2v) is 8.78. The lowest BCUT2D eigenvalue weighted by molar-refractivity contribution is -0.148. The number of rotatable bonds is 20. The van der Waals surface area contributed by atoms with Gasteiger partial charge in [-0.05, 0) is 18.8 Å². The fraction of sp³-hybridized carbons (Fsp3) is 0.960. The number of unbranched alkanes of at least 4 members (excludes halogenated alkanes) is 11. The van der Waals surface area contributed by atoms with Gasteiger partial charge in [0.1, 0.15) is 0 Å². The topological polar surface area (TPSA) is 26.3 Å². The third-order valence-corrected chi connectivity index (χ3v) is 5.78. The molecule has 0 aliphatic heterocycles. The second-order valence-electron chi connectivity index (χ2n) is 8.78. The molecule has 2 atom stereocenters. The molecule has 0 heterocycles. The molecule has 27 heavy (non-hydrogen) atoms. The highest BCUT2D eigenvalue weighted by atomic mass is 16.5. The van der Waals surface area contributed by atoms with Gasteiger partial charge in [-0.3, -0.25) is 4.79 Å². The summed E-state index contributed by atoms with van der Waals surface area (Å²) in [6.07, 6.45) is 21.9. The van der Waals surface area contributed by atoms with E-state index in [9.17, 15) is 4.79 Å². The molecule has 0 aromatic heterocycles. The van der Waals surface area contributed by atoms with Crippen molar-refractivity contribution in [2.45, 2.75) is 137 Å². The molecule has 0 spiro atoms. The molecule has 0 aromatic carbocycles. The maximum atomic E-state index is 12.1. The maximum Gasteiger partial charge on any atom is 0.308 e. The Labute approximate surface area is 171 Å². The average Bonchev–Trinajstić information content (AvgIpc) is 2.66. The lowest BCUT2D eigenvalue weighted by Gasteiger charge is -2.14. The molecule has 0 fully saturated rings. The first kappa shape index (κ1) is 26.5. The smallest absolute Gasteiger partial charge is 0.308 e. The average molecular weight is 383 g/mol. The molecule has 0 N–H and O–H groups in total. The number of ether oxygens (including phenoxy) is 1. The van der Waals surface area contributed by atoms with Crippen molar-refractivity contribution in [2.24, 2.45) is 11.8 Å². The number of carbonyl (C=O) groups excluding carboxylic acids is 1. The van der Waals surface area contributed by atoms with Crippen molar-refractivity contribution in [1.82, 2.24) is 0 Å². The fourth-order valence-electron chi connectivity index (χ4n) is 3.67. The lowest BCUT2D eigenvalue weighted by atomic mass is 9.95. The Morgan fingerprint density at radius 2 is 1.11 bits per heavy atom. The quantitative estimate of drug-likeness (QED) is 0.156. The van der Waals surface area contributed by atoms with Gasteiger partial charge in [-0.15, -0.1) is 0 Å². The summed E-state index contributed by atoms with van der Waals surface area (Å²) >= 11 is 0. The van der Waals surface area contributed by atoms with Gasteiger partial charge in [-0.2, -0.15) is 0 Å². The van der Waals surface area contributed by atoms with Gasteiger partial charge in [0.05, 0.1) is 12.5 Å². The van der Waals surface area contributed by atoms with Crippen LogP contribution in [-0.2, 0) is 9.53 Å². The van der Waals surface area contributed by atoms with Gasteiger partial charge in [0.2, 0.25) is 0 Å². The van der Waals surface area contributed by atoms with E-state index < -0.39 is 0 Å². The highest BCUT2D eigenvalue weighted by molar-refractivity contribution is 5.71. The summed E-state index contributed by atoms with van der Waals surface area (Å²) in [5.74, 6) is 0.879. The van der Waals surface area contributed by atoms with Crippen molar-refractivity contribution in [3.05, 3.63) is 0 Å². The number of carbonyl (C=O) groups is 1. The maximum absolute atomic E-state index is 12.1. The van der Waals surface area contributed by atoms with Gasteiger partial charge in [-0.1, -0.05) is 124 Å². The van der Waals surface area contributed by atoms with Crippen LogP contribution in [0.5, 0.6) is 0 Å². The Kier molecular flexibility index (Phi) is 19.8. The van der Waals surface area contributed by atoms with Gasteiger partial charge >= 0.3 is 5.97 Å². The van der Waals surface area contributed by atoms with Gasteiger partial charge in [0.15, 0.2) is 0 Å². The first-order valence-electron chi connectivity index (χ1n) is 12.3. The molecule has 2 unspecified atom stereocenters. The molecule has 0 aliphatic carbocycles. The first-order chi connectivity index (χ1) is 13.1. The minimum Gasteiger partial charge on any atom is -0.465 e. The molecule has 0 aromatic rings. The highest BCUT2D eigenvalue weighted by Crippen LogP contribution is 2.18. The van der Waals surface area contributed by atoms with Gasteiger partial charge in [0.25, 0.3) is 0 Å². The number of hydrogen-bond acceptors (Lipinski definition) is 2. The lowest BCUT2D eigenvalue weighted by Crippen LogP contribution is -2.15. The molecule has 0 amide bonds. The van der Waals surface area contributed by atoms with E-state index in [1.165, 1.54) is 89.9 Å². The fourth-order valence-corrected chi connectivity index (χ4v) is 3.67. The SMILES string of the molecule is CCCCCCCCCCCCCOC(=O)C(C)CCCC(C)CCCC. The van der Waals surface area contributed by atoms with Crippen LogP contribution in [0.15, 0.2) is 0 Å². The predicted molar refractivity (Wildman–Crippen MR) is 119 cm³/mol. The molecule has 0 saturated heterocycles. The standard InChI is InChI=1S/C25H50O2/c1-5-7-9-10-11-12-13-14-15-16-17-22-27-25(26)24(4)21-18-20-23(3)19-8-6-2/h23-24H,5-22H2,1-4H3. The molecule has 0 rings (SSSR count). The molecule has 0 aliphatic rings. The monoisotopic (exact) mass is 382 g/mol. The van der Waals surface area contributed by atoms with Gasteiger partial charge < -0.3 is 4.74 Å². The van der Waals surface area contributed by atoms with Gasteiger partial charge in [-0.25, -0.2) is 0 Å². The van der Waals surface area contributed by atoms with E-state index in [1.807, 2.05) is 6.92 Å². The minimum absolute atomic E-state index is 0.0169. The molecule has 0 radical (unpaired) electrons. The van der Waals surface area contributed by atoms with Crippen LogP contribution in [0.3, 0.4) is 0 Å². The summed E-state index contributed by atoms with van der Waals surface area (Å²) in [6.45, 7) is 9.51. The van der Waals surface area contributed by atoms with Crippen molar-refractivity contribution in [2.75, 3.05) is 6.61 Å². The van der Waals surface area contributed by atoms with Crippen LogP contribution >= 0.6 is 0 Å². The normalized spacial score (nSPS) is 13.5. The first-order valence-corrected chi connectivity index (χ1v) is 12.3. The Bertz CT molecular complexity index is 313. The van der Waals surface area contributed by atoms with Crippen LogP contribution in [0, 0.1) is 11.8 Å². The minimum atomic E-state index is 0.0169. The van der Waals surface area contributed by atoms with Crippen molar-refractivity contribution in [1.29, 1.82) is 0 Å². The van der Waals surface area contributed by atoms with Crippen LogP contribution in [0.2, 0.25) is 0 Å². The summed E-state index contributed by atoms with van der Waals surface area (Å²) in [5, 5.41) is 0. The van der Waals surface area contributed by atoms with Crippen molar-refractivity contribution in [3.8, 4) is 0 Å². The summed E-state index contributed by atoms with van der Waals surface area (Å²) in [5.41, 5.74) is 0. The third kappa shape index (κ3) is 18.6. The van der Waals surface area contributed by atoms with Crippen LogP contribution in [0.1, 0.15) is 137 Å². The van der Waals surface area contributed by atoms with Crippen LogP contribution in [0.25, 0.3) is 0 Å². The summed E-state index contributed by atoms with van der Waals surface area (Å²) in [7, 11) is 0. The molecule has 2 nitrogen and oxygen atoms in total. The molecule has 2 heteroatoms. The molecular formula is C25H50O2. The zero-order chi connectivity index (χ0) is 20.2. The largest absolute Gasteiger partial charge is 0.465 e. The van der Waals surface area contributed by atoms with Crippen molar-refractivity contribution < 1.29 is 9.53 Å². The van der Waals surface area contributed by atoms with E-state index in [0.29, 0.717) is 6.61 Å². The van der Waals surface area contributed by atoms with E-state index in [0.717, 1.165) is 25.2 Å². The molecule has 162 valence electrons. The zero-order valence-electron chi connectivity index (χ0n) is 19.2. The Morgan fingerprint density at radius 3 is 1.67 bits per heavy atom. The van der Waals surface area contributed by atoms with Crippen LogP contribution < -0.4 is 0 Å². The third-order valence-electron chi connectivity index (χ3n) is 5.78. The van der Waals surface area contributed by atoms with E-state index in [1.54, 1.807) is 0 Å². The van der Waals surface area contributed by atoms with Crippen LogP contribution in [0.4, 0.5) is 0 Å². The zero-order valence-corrected chi connectivity index (χ0v) is 19.2. The van der Waals surface area contributed by atoms with Crippen molar-refractivity contribution in [3.63, 3.8) is 0 Å². The van der Waals surface area contributed by atoms with Crippen LogP contribution in [-0.4, -0.2) is 12.6 Å². The number of esters is 1. The van der Waals surface area contributed by atoms with E-state index >= 15 is 0 Å². The highest BCUT2D eigenvalue weighted by Gasteiger charge is 2.14. The summed E-state index contributed by atoms with van der Waals surface area (Å²) in [4.78, 5) is 12.1. The predicted octanol–water partition coefficient (Wildman–Crippen LogP) is 8.47. The van der Waals surface area contributed by atoms with E-state index in [2.05, 4.69) is 20.8 Å². The van der Waals surface area contributed by atoms with E-state index in [-0.39, 0.29) is 11.9 Å². The van der Waals surface area contributed by atoms with E-state index in [4.69, 9.17) is 4.74 Å². The number of hydrogen-bond donors (Lipinski definition) is 0. The Morgan fingerprint density at radius 1 is 0.630 bits per heavy atom.